The Morgan fingerprint density at radius 2 is 1.89 bits per heavy atom. The zero-order valence-corrected chi connectivity index (χ0v) is 12.7. The zero-order valence-electron chi connectivity index (χ0n) is 11.9. The third kappa shape index (κ3) is 6.45. The fourth-order valence-electron chi connectivity index (χ4n) is 1.52. The van der Waals surface area contributed by atoms with E-state index in [0.29, 0.717) is 5.69 Å². The van der Waals surface area contributed by atoms with Crippen LogP contribution < -0.4 is 10.0 Å². The van der Waals surface area contributed by atoms with E-state index in [2.05, 4.69) is 10.0 Å². The molecule has 6 heteroatoms. The van der Waals surface area contributed by atoms with Crippen molar-refractivity contribution in [2.45, 2.75) is 25.9 Å². The second kappa shape index (κ2) is 6.25. The minimum absolute atomic E-state index is 0.171. The number of hydrogen-bond donors (Lipinski definition) is 2. The molecule has 0 radical (unpaired) electrons. The van der Waals surface area contributed by atoms with Gasteiger partial charge in [-0.15, -0.1) is 0 Å². The van der Waals surface area contributed by atoms with Crippen LogP contribution in [0.1, 0.15) is 20.3 Å². The summed E-state index contributed by atoms with van der Waals surface area (Å²) in [6.07, 6.45) is 1.99. The lowest BCUT2D eigenvalue weighted by molar-refractivity contribution is 0.0185. The van der Waals surface area contributed by atoms with E-state index in [1.54, 1.807) is 25.3 Å². The van der Waals surface area contributed by atoms with E-state index in [0.717, 1.165) is 24.9 Å². The molecule has 0 saturated carbocycles. The molecule has 0 bridgehead atoms. The molecule has 0 aliphatic rings. The van der Waals surface area contributed by atoms with Gasteiger partial charge in [0.25, 0.3) is 0 Å². The van der Waals surface area contributed by atoms with Gasteiger partial charge in [-0.05, 0) is 38.5 Å². The number of ether oxygens (including phenoxy) is 1. The van der Waals surface area contributed by atoms with Gasteiger partial charge in [0.2, 0.25) is 10.0 Å². The van der Waals surface area contributed by atoms with Crippen LogP contribution in [0.15, 0.2) is 24.3 Å². The predicted molar refractivity (Wildman–Crippen MR) is 79.1 cm³/mol. The van der Waals surface area contributed by atoms with E-state index in [1.807, 2.05) is 19.9 Å². The first kappa shape index (κ1) is 15.8. The summed E-state index contributed by atoms with van der Waals surface area (Å²) in [6.45, 7) is 4.80. The molecular formula is C13H22N2O3S. The van der Waals surface area contributed by atoms with Crippen molar-refractivity contribution >= 4 is 21.4 Å². The average molecular weight is 286 g/mol. The lowest BCUT2D eigenvalue weighted by Gasteiger charge is -2.23. The number of hydrogen-bond acceptors (Lipinski definition) is 4. The van der Waals surface area contributed by atoms with Crippen LogP contribution in [0.4, 0.5) is 11.4 Å². The highest BCUT2D eigenvalue weighted by Crippen LogP contribution is 2.17. The van der Waals surface area contributed by atoms with E-state index >= 15 is 0 Å². The van der Waals surface area contributed by atoms with Crippen molar-refractivity contribution in [1.82, 2.24) is 0 Å². The molecule has 0 aromatic heterocycles. The van der Waals surface area contributed by atoms with Crippen LogP contribution in [0, 0.1) is 0 Å². The van der Waals surface area contributed by atoms with Gasteiger partial charge in [-0.25, -0.2) is 8.42 Å². The monoisotopic (exact) mass is 286 g/mol. The Morgan fingerprint density at radius 1 is 1.26 bits per heavy atom. The fourth-order valence-corrected chi connectivity index (χ4v) is 2.07. The lowest BCUT2D eigenvalue weighted by atomic mass is 10.1. The Labute approximate surface area is 115 Å². The van der Waals surface area contributed by atoms with E-state index in [9.17, 15) is 8.42 Å². The zero-order chi connectivity index (χ0) is 14.5. The van der Waals surface area contributed by atoms with Crippen molar-refractivity contribution in [1.29, 1.82) is 0 Å². The first-order valence-corrected chi connectivity index (χ1v) is 7.98. The predicted octanol–water partition coefficient (Wildman–Crippen LogP) is 2.29. The average Bonchev–Trinajstić information content (AvgIpc) is 2.27. The molecule has 0 saturated heterocycles. The highest BCUT2D eigenvalue weighted by molar-refractivity contribution is 7.92. The van der Waals surface area contributed by atoms with Crippen LogP contribution in [0.5, 0.6) is 0 Å². The number of anilines is 2. The summed E-state index contributed by atoms with van der Waals surface area (Å²) in [6, 6.07) is 7.18. The van der Waals surface area contributed by atoms with Gasteiger partial charge in [-0.3, -0.25) is 4.72 Å². The van der Waals surface area contributed by atoms with E-state index in [-0.39, 0.29) is 5.60 Å². The van der Waals surface area contributed by atoms with Gasteiger partial charge in [0, 0.05) is 19.3 Å². The van der Waals surface area contributed by atoms with Crippen molar-refractivity contribution in [2.75, 3.05) is 29.9 Å². The van der Waals surface area contributed by atoms with Gasteiger partial charge in [0.15, 0.2) is 0 Å². The second-order valence-electron chi connectivity index (χ2n) is 5.10. The van der Waals surface area contributed by atoms with Crippen LogP contribution in [0.3, 0.4) is 0 Å². The van der Waals surface area contributed by atoms with E-state index in [1.165, 1.54) is 0 Å². The maximum absolute atomic E-state index is 11.1. The molecular weight excluding hydrogens is 264 g/mol. The standard InChI is InChI=1S/C13H22N2O3S/c1-13(2,18-3)8-9-14-11-6-5-7-12(10-11)15-19(4,16)17/h5-7,10,14-15H,8-9H2,1-4H3. The van der Waals surface area contributed by atoms with Gasteiger partial charge < -0.3 is 10.1 Å². The molecule has 0 fully saturated rings. The Kier molecular flexibility index (Phi) is 5.20. The third-order valence-corrected chi connectivity index (χ3v) is 3.38. The Bertz CT molecular complexity index is 512. The fraction of sp³-hybridized carbons (Fsp3) is 0.538. The normalized spacial score (nSPS) is 12.2. The molecule has 5 nitrogen and oxygen atoms in total. The Balaban J connectivity index is 2.58. The minimum atomic E-state index is -3.24. The summed E-state index contributed by atoms with van der Waals surface area (Å²) >= 11 is 0. The van der Waals surface area contributed by atoms with Gasteiger partial charge >= 0.3 is 0 Å². The maximum Gasteiger partial charge on any atom is 0.229 e. The molecule has 0 spiro atoms. The number of sulfonamides is 1. The summed E-state index contributed by atoms with van der Waals surface area (Å²) in [5, 5.41) is 3.25. The van der Waals surface area contributed by atoms with Crippen LogP contribution in [0.2, 0.25) is 0 Å². The summed E-state index contributed by atoms with van der Waals surface area (Å²) in [4.78, 5) is 0. The Morgan fingerprint density at radius 3 is 2.47 bits per heavy atom. The molecule has 0 aliphatic carbocycles. The first-order valence-electron chi connectivity index (χ1n) is 6.09. The number of benzene rings is 1. The number of rotatable bonds is 7. The number of methoxy groups -OCH3 is 1. The van der Waals surface area contributed by atoms with Gasteiger partial charge in [-0.1, -0.05) is 6.07 Å². The van der Waals surface area contributed by atoms with E-state index < -0.39 is 10.0 Å². The third-order valence-electron chi connectivity index (χ3n) is 2.77. The molecule has 0 amide bonds. The summed E-state index contributed by atoms with van der Waals surface area (Å²) in [5.74, 6) is 0. The summed E-state index contributed by atoms with van der Waals surface area (Å²) < 4.78 is 30.1. The summed E-state index contributed by atoms with van der Waals surface area (Å²) in [7, 11) is -1.55. The Hall–Kier alpha value is -1.27. The maximum atomic E-state index is 11.1. The lowest BCUT2D eigenvalue weighted by Crippen LogP contribution is -2.25. The molecule has 2 N–H and O–H groups in total. The van der Waals surface area contributed by atoms with Crippen LogP contribution in [-0.4, -0.2) is 33.9 Å². The largest absolute Gasteiger partial charge is 0.385 e. The highest BCUT2D eigenvalue weighted by Gasteiger charge is 2.15. The molecule has 0 atom stereocenters. The van der Waals surface area contributed by atoms with Crippen molar-refractivity contribution < 1.29 is 13.2 Å². The van der Waals surface area contributed by atoms with Crippen molar-refractivity contribution in [3.63, 3.8) is 0 Å². The molecule has 0 heterocycles. The number of nitrogens with one attached hydrogen (secondary N) is 2. The molecule has 19 heavy (non-hydrogen) atoms. The summed E-state index contributed by atoms with van der Waals surface area (Å²) in [5.41, 5.74) is 1.26. The highest BCUT2D eigenvalue weighted by atomic mass is 32.2. The van der Waals surface area contributed by atoms with Crippen LogP contribution in [-0.2, 0) is 14.8 Å². The SMILES string of the molecule is COC(C)(C)CCNc1cccc(NS(C)(=O)=O)c1. The molecule has 0 aliphatic heterocycles. The molecule has 1 aromatic rings. The van der Waals surface area contributed by atoms with Gasteiger partial charge in [-0.2, -0.15) is 0 Å². The minimum Gasteiger partial charge on any atom is -0.385 e. The molecule has 0 unspecified atom stereocenters. The van der Waals surface area contributed by atoms with Gasteiger partial charge in [0.05, 0.1) is 17.5 Å². The van der Waals surface area contributed by atoms with E-state index in [4.69, 9.17) is 4.74 Å². The topological polar surface area (TPSA) is 67.4 Å². The molecule has 1 aromatic carbocycles. The van der Waals surface area contributed by atoms with Crippen LogP contribution >= 0.6 is 0 Å². The second-order valence-corrected chi connectivity index (χ2v) is 6.84. The quantitative estimate of drug-likeness (QED) is 0.807. The van der Waals surface area contributed by atoms with Crippen molar-refractivity contribution in [3.8, 4) is 0 Å². The van der Waals surface area contributed by atoms with Crippen molar-refractivity contribution in [3.05, 3.63) is 24.3 Å². The molecule has 108 valence electrons. The van der Waals surface area contributed by atoms with Crippen LogP contribution in [0.25, 0.3) is 0 Å². The smallest absolute Gasteiger partial charge is 0.229 e. The molecule has 1 rings (SSSR count). The van der Waals surface area contributed by atoms with Crippen molar-refractivity contribution in [2.24, 2.45) is 0 Å². The first-order chi connectivity index (χ1) is 8.72. The van der Waals surface area contributed by atoms with Gasteiger partial charge in [0.1, 0.15) is 0 Å².